The third-order valence-corrected chi connectivity index (χ3v) is 10.7. The highest BCUT2D eigenvalue weighted by molar-refractivity contribution is 6.23. The first-order valence-corrected chi connectivity index (χ1v) is 15.8. The summed E-state index contributed by atoms with van der Waals surface area (Å²) in [6, 6.07) is 45.7. The first kappa shape index (κ1) is 26.2. The molecule has 0 saturated carbocycles. The first-order valence-electron chi connectivity index (χ1n) is 15.8. The Bertz CT molecular complexity index is 2480. The Hall–Kier alpha value is -5.28. The van der Waals surface area contributed by atoms with Gasteiger partial charge in [0.1, 0.15) is 0 Å². The molecular formula is C42H33N3. The highest BCUT2D eigenvalue weighted by atomic mass is 15.2. The van der Waals surface area contributed by atoms with Crippen molar-refractivity contribution in [3.63, 3.8) is 0 Å². The second-order valence-corrected chi connectivity index (χ2v) is 13.4. The summed E-state index contributed by atoms with van der Waals surface area (Å²) in [5, 5.41) is 6.10. The maximum Gasteiger partial charge on any atom is 0.235 e. The number of fused-ring (bicyclic) bond motifs is 10. The molecule has 1 aliphatic carbocycles. The van der Waals surface area contributed by atoms with Crippen molar-refractivity contribution >= 4 is 43.5 Å². The van der Waals surface area contributed by atoms with Gasteiger partial charge in [-0.1, -0.05) is 137 Å². The second kappa shape index (κ2) is 9.12. The molecule has 216 valence electrons. The molecule has 0 radical (unpaired) electrons. The summed E-state index contributed by atoms with van der Waals surface area (Å²) in [5.74, 6) is 0.691. The monoisotopic (exact) mass is 579 g/mol. The highest BCUT2D eigenvalue weighted by Gasteiger charge is 2.47. The molecule has 8 aromatic rings. The molecule has 2 heterocycles. The summed E-state index contributed by atoms with van der Waals surface area (Å²) in [7, 11) is 0. The summed E-state index contributed by atoms with van der Waals surface area (Å²) in [6.07, 6.45) is 0. The van der Waals surface area contributed by atoms with Crippen molar-refractivity contribution in [3.8, 4) is 28.3 Å². The van der Waals surface area contributed by atoms with E-state index in [1.165, 1.54) is 43.8 Å². The van der Waals surface area contributed by atoms with Gasteiger partial charge in [0.2, 0.25) is 5.95 Å². The van der Waals surface area contributed by atoms with Gasteiger partial charge in [0.15, 0.2) is 0 Å². The van der Waals surface area contributed by atoms with Crippen LogP contribution >= 0.6 is 0 Å². The van der Waals surface area contributed by atoms with E-state index in [1.54, 1.807) is 0 Å². The van der Waals surface area contributed by atoms with Crippen molar-refractivity contribution in [1.82, 2.24) is 14.5 Å². The van der Waals surface area contributed by atoms with Crippen molar-refractivity contribution in [1.29, 1.82) is 0 Å². The van der Waals surface area contributed by atoms with E-state index >= 15 is 0 Å². The second-order valence-electron chi connectivity index (χ2n) is 13.4. The summed E-state index contributed by atoms with van der Waals surface area (Å²) >= 11 is 0. The normalized spacial score (nSPS) is 15.0. The minimum atomic E-state index is -0.161. The molecule has 6 aromatic carbocycles. The molecular weight excluding hydrogens is 546 g/mol. The van der Waals surface area contributed by atoms with Crippen LogP contribution in [0.3, 0.4) is 0 Å². The van der Waals surface area contributed by atoms with Gasteiger partial charge in [0.05, 0.1) is 22.2 Å². The zero-order valence-electron chi connectivity index (χ0n) is 26.0. The van der Waals surface area contributed by atoms with E-state index in [9.17, 15) is 0 Å². The number of hydrogen-bond donors (Lipinski definition) is 0. The third-order valence-electron chi connectivity index (χ3n) is 10.7. The Morgan fingerprint density at radius 3 is 2.02 bits per heavy atom. The molecule has 0 N–H and O–H groups in total. The summed E-state index contributed by atoms with van der Waals surface area (Å²) in [5.41, 5.74) is 10.4. The lowest BCUT2D eigenvalue weighted by Crippen LogP contribution is -2.43. The Balaban J connectivity index is 1.49. The predicted octanol–water partition coefficient (Wildman–Crippen LogP) is 10.8. The van der Waals surface area contributed by atoms with Gasteiger partial charge < -0.3 is 0 Å². The first-order chi connectivity index (χ1) is 21.9. The van der Waals surface area contributed by atoms with Crippen LogP contribution in [0.5, 0.6) is 0 Å². The van der Waals surface area contributed by atoms with Gasteiger partial charge in [-0.25, -0.2) is 9.97 Å². The van der Waals surface area contributed by atoms with Crippen molar-refractivity contribution < 1.29 is 0 Å². The van der Waals surface area contributed by atoms with Crippen LogP contribution in [0.4, 0.5) is 0 Å². The zero-order chi connectivity index (χ0) is 30.5. The third kappa shape index (κ3) is 3.47. The molecule has 0 aliphatic heterocycles. The molecule has 0 saturated heterocycles. The van der Waals surface area contributed by atoms with Crippen LogP contribution < -0.4 is 0 Å². The Morgan fingerprint density at radius 1 is 0.511 bits per heavy atom. The van der Waals surface area contributed by atoms with Crippen molar-refractivity contribution in [2.75, 3.05) is 0 Å². The Labute approximate surface area is 262 Å². The van der Waals surface area contributed by atoms with Crippen LogP contribution in [-0.4, -0.2) is 14.5 Å². The Morgan fingerprint density at radius 2 is 1.18 bits per heavy atom. The molecule has 3 heteroatoms. The fourth-order valence-electron chi connectivity index (χ4n) is 7.85. The summed E-state index contributed by atoms with van der Waals surface area (Å²) in [6.45, 7) is 9.66. The van der Waals surface area contributed by atoms with Gasteiger partial charge >= 0.3 is 0 Å². The van der Waals surface area contributed by atoms with Crippen LogP contribution in [0.1, 0.15) is 38.8 Å². The number of hydrogen-bond acceptors (Lipinski definition) is 2. The summed E-state index contributed by atoms with van der Waals surface area (Å²) in [4.78, 5) is 10.6. The molecule has 0 unspecified atom stereocenters. The van der Waals surface area contributed by atoms with Crippen LogP contribution in [0.15, 0.2) is 127 Å². The zero-order valence-corrected chi connectivity index (χ0v) is 26.0. The van der Waals surface area contributed by atoms with E-state index in [0.29, 0.717) is 5.95 Å². The van der Waals surface area contributed by atoms with Gasteiger partial charge in [-0.3, -0.25) is 4.57 Å². The van der Waals surface area contributed by atoms with Crippen molar-refractivity contribution in [2.24, 2.45) is 0 Å². The number of nitrogens with zero attached hydrogens (tertiary/aromatic N) is 3. The van der Waals surface area contributed by atoms with Crippen LogP contribution in [0.2, 0.25) is 0 Å². The van der Waals surface area contributed by atoms with Crippen molar-refractivity contribution in [2.45, 2.75) is 38.5 Å². The van der Waals surface area contributed by atoms with Gasteiger partial charge in [0.25, 0.3) is 0 Å². The van der Waals surface area contributed by atoms with Crippen LogP contribution in [0.25, 0.3) is 71.8 Å². The topological polar surface area (TPSA) is 30.7 Å². The molecule has 0 amide bonds. The smallest absolute Gasteiger partial charge is 0.235 e. The molecule has 0 spiro atoms. The largest absolute Gasteiger partial charge is 0.278 e. The van der Waals surface area contributed by atoms with E-state index in [2.05, 4.69) is 160 Å². The average molecular weight is 580 g/mol. The number of para-hydroxylation sites is 1. The quantitative estimate of drug-likeness (QED) is 0.204. The lowest BCUT2D eigenvalue weighted by Gasteiger charge is -2.48. The van der Waals surface area contributed by atoms with Gasteiger partial charge in [-0.2, -0.15) is 0 Å². The van der Waals surface area contributed by atoms with Crippen LogP contribution in [0, 0.1) is 0 Å². The van der Waals surface area contributed by atoms with E-state index in [0.717, 1.165) is 33.2 Å². The van der Waals surface area contributed by atoms with E-state index < -0.39 is 0 Å². The predicted molar refractivity (Wildman–Crippen MR) is 188 cm³/mol. The molecule has 9 rings (SSSR count). The van der Waals surface area contributed by atoms with E-state index in [1.807, 2.05) is 0 Å². The van der Waals surface area contributed by atoms with Gasteiger partial charge in [-0.15, -0.1) is 0 Å². The van der Waals surface area contributed by atoms with Gasteiger partial charge in [-0.05, 0) is 56.6 Å². The fraction of sp³-hybridized carbons (Fsp3) is 0.143. The maximum absolute atomic E-state index is 5.36. The number of aromatic nitrogens is 3. The molecule has 0 atom stereocenters. The van der Waals surface area contributed by atoms with E-state index in [-0.39, 0.29) is 10.8 Å². The molecule has 0 bridgehead atoms. The summed E-state index contributed by atoms with van der Waals surface area (Å²) < 4.78 is 2.31. The van der Waals surface area contributed by atoms with Crippen molar-refractivity contribution in [3.05, 3.63) is 139 Å². The lowest BCUT2D eigenvalue weighted by atomic mass is 9.55. The molecule has 3 nitrogen and oxygen atoms in total. The van der Waals surface area contributed by atoms with Gasteiger partial charge in [0, 0.05) is 27.1 Å². The van der Waals surface area contributed by atoms with Crippen LogP contribution in [-0.2, 0) is 10.8 Å². The molecule has 1 aliphatic rings. The minimum Gasteiger partial charge on any atom is -0.278 e. The molecule has 0 fully saturated rings. The standard InChI is InChI=1S/C42H33N3/c1-41(2)32-20-12-10-18-29(32)30-23-25-35-37(38(30)42(41,3)4)36-28-17-9-8-14-26(28)22-24-34(36)45(35)40-43-33-21-13-11-19-31(33)39(44-40)27-15-6-5-7-16-27/h5-25H,1-4H3. The number of benzene rings is 6. The number of rotatable bonds is 2. The maximum atomic E-state index is 5.36. The molecule has 45 heavy (non-hydrogen) atoms. The van der Waals surface area contributed by atoms with E-state index in [4.69, 9.17) is 9.97 Å². The lowest BCUT2D eigenvalue weighted by molar-refractivity contribution is 0.301. The molecule has 2 aromatic heterocycles. The average Bonchev–Trinajstić information content (AvgIpc) is 3.42. The minimum absolute atomic E-state index is 0.0934. The fourth-order valence-corrected chi connectivity index (χ4v) is 7.85. The Kier molecular flexibility index (Phi) is 5.30. The SMILES string of the molecule is CC1(C)c2ccccc2-c2ccc3c(c2C1(C)C)c1c2ccccc2ccc1n3-c1nc(-c2ccccc2)c2ccccc2n1. The highest BCUT2D eigenvalue weighted by Crippen LogP contribution is 2.57.